The van der Waals surface area contributed by atoms with Crippen LogP contribution in [0, 0.1) is 11.8 Å². The number of hydrogen-bond acceptors (Lipinski definition) is 2. The van der Waals surface area contributed by atoms with Gasteiger partial charge in [0, 0.05) is 6.04 Å². The van der Waals surface area contributed by atoms with Crippen molar-refractivity contribution in [3.8, 4) is 0 Å². The van der Waals surface area contributed by atoms with Gasteiger partial charge in [0.05, 0.1) is 11.8 Å². The first-order chi connectivity index (χ1) is 11.0. The van der Waals surface area contributed by atoms with E-state index in [2.05, 4.69) is 19.2 Å². The number of carboxylic acids is 1. The molecule has 0 spiro atoms. The zero-order valence-electron chi connectivity index (χ0n) is 14.0. The zero-order valence-corrected chi connectivity index (χ0v) is 14.0. The highest BCUT2D eigenvalue weighted by molar-refractivity contribution is 5.84. The summed E-state index contributed by atoms with van der Waals surface area (Å²) in [5.41, 5.74) is 1.05. The molecule has 1 aliphatic rings. The SMILES string of the molecule is CCC(C)C(C(=O)NC1CCC(C(=O)O)CC1)c1ccccc1. The van der Waals surface area contributed by atoms with Crippen LogP contribution in [-0.2, 0) is 9.59 Å². The molecule has 1 amide bonds. The van der Waals surface area contributed by atoms with Crippen LogP contribution < -0.4 is 5.32 Å². The van der Waals surface area contributed by atoms with Gasteiger partial charge in [-0.25, -0.2) is 0 Å². The summed E-state index contributed by atoms with van der Waals surface area (Å²) < 4.78 is 0. The summed E-state index contributed by atoms with van der Waals surface area (Å²) in [5.74, 6) is -0.755. The summed E-state index contributed by atoms with van der Waals surface area (Å²) in [7, 11) is 0. The van der Waals surface area contributed by atoms with E-state index in [-0.39, 0.29) is 29.7 Å². The van der Waals surface area contributed by atoms with E-state index in [1.54, 1.807) is 0 Å². The second-order valence-corrected chi connectivity index (χ2v) is 6.67. The smallest absolute Gasteiger partial charge is 0.306 e. The van der Waals surface area contributed by atoms with Gasteiger partial charge in [0.1, 0.15) is 0 Å². The molecular formula is C19H27NO3. The van der Waals surface area contributed by atoms with E-state index in [0.29, 0.717) is 12.8 Å². The van der Waals surface area contributed by atoms with Crippen LogP contribution in [0.3, 0.4) is 0 Å². The van der Waals surface area contributed by atoms with Gasteiger partial charge in [0.2, 0.25) is 5.91 Å². The maximum atomic E-state index is 12.8. The standard InChI is InChI=1S/C19H27NO3/c1-3-13(2)17(14-7-5-4-6-8-14)18(21)20-16-11-9-15(10-12-16)19(22)23/h4-8,13,15-17H,3,9-12H2,1-2H3,(H,20,21)(H,22,23). The Balaban J connectivity index is 2.00. The molecule has 4 heteroatoms. The summed E-state index contributed by atoms with van der Waals surface area (Å²) in [4.78, 5) is 23.8. The number of aliphatic carboxylic acids is 1. The second kappa shape index (κ2) is 8.14. The van der Waals surface area contributed by atoms with Crippen molar-refractivity contribution in [1.29, 1.82) is 0 Å². The van der Waals surface area contributed by atoms with Crippen molar-refractivity contribution in [3.63, 3.8) is 0 Å². The molecule has 0 bridgehead atoms. The van der Waals surface area contributed by atoms with E-state index in [4.69, 9.17) is 5.11 Å². The molecule has 0 saturated heterocycles. The molecule has 1 saturated carbocycles. The third-order valence-corrected chi connectivity index (χ3v) is 5.08. The Morgan fingerprint density at radius 3 is 2.30 bits per heavy atom. The Morgan fingerprint density at radius 1 is 1.17 bits per heavy atom. The van der Waals surface area contributed by atoms with Crippen LogP contribution in [-0.4, -0.2) is 23.0 Å². The van der Waals surface area contributed by atoms with Gasteiger partial charge in [-0.15, -0.1) is 0 Å². The van der Waals surface area contributed by atoms with Crippen molar-refractivity contribution in [1.82, 2.24) is 5.32 Å². The highest BCUT2D eigenvalue weighted by Gasteiger charge is 2.30. The van der Waals surface area contributed by atoms with Gasteiger partial charge in [0.25, 0.3) is 0 Å². The van der Waals surface area contributed by atoms with Crippen molar-refractivity contribution < 1.29 is 14.7 Å². The highest BCUT2D eigenvalue weighted by Crippen LogP contribution is 2.29. The van der Waals surface area contributed by atoms with Gasteiger partial charge in [-0.05, 0) is 37.2 Å². The normalized spacial score (nSPS) is 23.7. The van der Waals surface area contributed by atoms with Crippen LogP contribution in [0.15, 0.2) is 30.3 Å². The van der Waals surface area contributed by atoms with Gasteiger partial charge < -0.3 is 10.4 Å². The summed E-state index contributed by atoms with van der Waals surface area (Å²) in [6, 6.07) is 10.0. The third-order valence-electron chi connectivity index (χ3n) is 5.08. The molecular weight excluding hydrogens is 290 g/mol. The Hall–Kier alpha value is -1.84. The molecule has 1 fully saturated rings. The topological polar surface area (TPSA) is 66.4 Å². The molecule has 126 valence electrons. The number of carbonyl (C=O) groups excluding carboxylic acids is 1. The fourth-order valence-electron chi connectivity index (χ4n) is 3.41. The summed E-state index contributed by atoms with van der Waals surface area (Å²) in [6.45, 7) is 4.21. The van der Waals surface area contributed by atoms with E-state index < -0.39 is 5.97 Å². The molecule has 1 aromatic carbocycles. The van der Waals surface area contributed by atoms with Gasteiger partial charge in [0.15, 0.2) is 0 Å². The minimum atomic E-state index is -0.712. The predicted octanol–water partition coefficient (Wildman–Crippen LogP) is 3.58. The highest BCUT2D eigenvalue weighted by atomic mass is 16.4. The summed E-state index contributed by atoms with van der Waals surface area (Å²) in [5, 5.41) is 12.2. The van der Waals surface area contributed by atoms with Crippen molar-refractivity contribution in [3.05, 3.63) is 35.9 Å². The molecule has 2 unspecified atom stereocenters. The molecule has 23 heavy (non-hydrogen) atoms. The molecule has 2 atom stereocenters. The molecule has 0 heterocycles. The minimum absolute atomic E-state index is 0.0734. The molecule has 0 radical (unpaired) electrons. The van der Waals surface area contributed by atoms with Gasteiger partial charge in [-0.2, -0.15) is 0 Å². The lowest BCUT2D eigenvalue weighted by molar-refractivity contribution is -0.142. The monoisotopic (exact) mass is 317 g/mol. The van der Waals surface area contributed by atoms with E-state index >= 15 is 0 Å². The Kier molecular flexibility index (Phi) is 6.20. The lowest BCUT2D eigenvalue weighted by atomic mass is 9.83. The Bertz CT molecular complexity index is 521. The second-order valence-electron chi connectivity index (χ2n) is 6.67. The number of amides is 1. The fraction of sp³-hybridized carbons (Fsp3) is 0.579. The molecule has 0 aromatic heterocycles. The Morgan fingerprint density at radius 2 is 1.78 bits per heavy atom. The maximum absolute atomic E-state index is 12.8. The summed E-state index contributed by atoms with van der Waals surface area (Å²) >= 11 is 0. The lowest BCUT2D eigenvalue weighted by Crippen LogP contribution is -2.42. The van der Waals surface area contributed by atoms with Crippen LogP contribution in [0.1, 0.15) is 57.4 Å². The molecule has 4 nitrogen and oxygen atoms in total. The zero-order chi connectivity index (χ0) is 16.8. The molecule has 1 aromatic rings. The number of carboxylic acid groups (broad SMARTS) is 1. The molecule has 2 rings (SSSR count). The van der Waals surface area contributed by atoms with Crippen LogP contribution in [0.5, 0.6) is 0 Å². The van der Waals surface area contributed by atoms with E-state index in [0.717, 1.165) is 24.8 Å². The third kappa shape index (κ3) is 4.57. The maximum Gasteiger partial charge on any atom is 0.306 e. The van der Waals surface area contributed by atoms with E-state index in [1.807, 2.05) is 30.3 Å². The van der Waals surface area contributed by atoms with Gasteiger partial charge in [-0.1, -0.05) is 50.6 Å². The van der Waals surface area contributed by atoms with Crippen LogP contribution in [0.2, 0.25) is 0 Å². The van der Waals surface area contributed by atoms with E-state index in [9.17, 15) is 9.59 Å². The average molecular weight is 317 g/mol. The number of benzene rings is 1. The number of rotatable bonds is 6. The van der Waals surface area contributed by atoms with Crippen LogP contribution in [0.4, 0.5) is 0 Å². The first-order valence-corrected chi connectivity index (χ1v) is 8.61. The minimum Gasteiger partial charge on any atom is -0.481 e. The van der Waals surface area contributed by atoms with Crippen molar-refractivity contribution in [2.75, 3.05) is 0 Å². The number of carbonyl (C=O) groups is 2. The predicted molar refractivity (Wildman–Crippen MR) is 90.2 cm³/mol. The largest absolute Gasteiger partial charge is 0.481 e. The fourth-order valence-corrected chi connectivity index (χ4v) is 3.41. The quantitative estimate of drug-likeness (QED) is 0.843. The Labute approximate surface area is 138 Å². The molecule has 0 aliphatic heterocycles. The van der Waals surface area contributed by atoms with E-state index in [1.165, 1.54) is 0 Å². The average Bonchev–Trinajstić information content (AvgIpc) is 2.56. The first-order valence-electron chi connectivity index (χ1n) is 8.61. The van der Waals surface area contributed by atoms with Crippen LogP contribution in [0.25, 0.3) is 0 Å². The van der Waals surface area contributed by atoms with Crippen LogP contribution >= 0.6 is 0 Å². The number of hydrogen-bond donors (Lipinski definition) is 2. The van der Waals surface area contributed by atoms with Crippen molar-refractivity contribution in [2.24, 2.45) is 11.8 Å². The van der Waals surface area contributed by atoms with Gasteiger partial charge in [-0.3, -0.25) is 9.59 Å². The summed E-state index contributed by atoms with van der Waals surface area (Å²) in [6.07, 6.45) is 3.76. The number of nitrogens with one attached hydrogen (secondary N) is 1. The van der Waals surface area contributed by atoms with Crippen molar-refractivity contribution >= 4 is 11.9 Å². The van der Waals surface area contributed by atoms with Crippen molar-refractivity contribution in [2.45, 2.75) is 57.9 Å². The van der Waals surface area contributed by atoms with Gasteiger partial charge >= 0.3 is 5.97 Å². The molecule has 2 N–H and O–H groups in total. The molecule has 1 aliphatic carbocycles. The lowest BCUT2D eigenvalue weighted by Gasteiger charge is -2.30. The first kappa shape index (κ1) is 17.5.